The lowest BCUT2D eigenvalue weighted by atomic mass is 9.81. The molecule has 0 radical (unpaired) electrons. The Morgan fingerprint density at radius 3 is 2.94 bits per heavy atom. The summed E-state index contributed by atoms with van der Waals surface area (Å²) in [6.07, 6.45) is 3.37. The summed E-state index contributed by atoms with van der Waals surface area (Å²) in [6.45, 7) is 2.30. The number of fused-ring (bicyclic) bond motifs is 1. The predicted octanol–water partition coefficient (Wildman–Crippen LogP) is 5.08. The number of hydrogen-bond acceptors (Lipinski definition) is 7. The summed E-state index contributed by atoms with van der Waals surface area (Å²) in [7, 11) is 1.60. The Morgan fingerprint density at radius 2 is 2.18 bits per heavy atom. The number of methoxy groups -OCH3 is 1. The number of thioether (sulfide) groups is 1. The smallest absolute Gasteiger partial charge is 0.308 e. The van der Waals surface area contributed by atoms with E-state index in [2.05, 4.69) is 26.7 Å². The Morgan fingerprint density at radius 1 is 1.30 bits per heavy atom. The van der Waals surface area contributed by atoms with Crippen molar-refractivity contribution in [2.24, 2.45) is 11.8 Å². The minimum Gasteiger partial charge on any atom is -0.497 e. The molecule has 0 spiro atoms. The Balaban J connectivity index is 1.35. The van der Waals surface area contributed by atoms with Crippen LogP contribution in [0.5, 0.6) is 5.75 Å². The number of carboxylic acid groups (broad SMARTS) is 1. The van der Waals surface area contributed by atoms with Crippen molar-refractivity contribution < 1.29 is 19.4 Å². The summed E-state index contributed by atoms with van der Waals surface area (Å²) in [5.41, 5.74) is 1.37. The number of ketones is 1. The molecule has 0 saturated carbocycles. The van der Waals surface area contributed by atoms with Gasteiger partial charge in [0.2, 0.25) is 0 Å². The van der Waals surface area contributed by atoms with Crippen molar-refractivity contribution >= 4 is 45.8 Å². The molecule has 2 aromatic heterocycles. The van der Waals surface area contributed by atoms with Crippen LogP contribution in [-0.4, -0.2) is 59.2 Å². The molecule has 0 bridgehead atoms. The van der Waals surface area contributed by atoms with Gasteiger partial charge in [-0.1, -0.05) is 0 Å². The number of nitrogens with zero attached hydrogens (tertiary/aromatic N) is 2. The van der Waals surface area contributed by atoms with E-state index in [0.29, 0.717) is 30.7 Å². The average molecular weight is 485 g/mol. The second kappa shape index (κ2) is 11.1. The van der Waals surface area contributed by atoms with Gasteiger partial charge in [0.1, 0.15) is 5.75 Å². The van der Waals surface area contributed by atoms with E-state index in [4.69, 9.17) is 4.74 Å². The number of carbonyl (C=O) groups is 2. The molecule has 0 aliphatic carbocycles. The molecule has 1 fully saturated rings. The molecule has 2 atom stereocenters. The maximum Gasteiger partial charge on any atom is 0.308 e. The van der Waals surface area contributed by atoms with Crippen molar-refractivity contribution in [2.45, 2.75) is 24.2 Å². The lowest BCUT2D eigenvalue weighted by Gasteiger charge is -2.36. The Hall–Kier alpha value is -2.42. The van der Waals surface area contributed by atoms with Crippen LogP contribution in [-0.2, 0) is 4.79 Å². The summed E-state index contributed by atoms with van der Waals surface area (Å²) in [4.78, 5) is 32.9. The number of benzene rings is 1. The van der Waals surface area contributed by atoms with Gasteiger partial charge in [-0.15, -0.1) is 11.8 Å². The molecule has 1 aromatic carbocycles. The zero-order chi connectivity index (χ0) is 23.2. The zero-order valence-corrected chi connectivity index (χ0v) is 20.2. The normalized spacial score (nSPS) is 18.9. The molecule has 33 heavy (non-hydrogen) atoms. The van der Waals surface area contributed by atoms with Gasteiger partial charge in [0.25, 0.3) is 0 Å². The fourth-order valence-electron chi connectivity index (χ4n) is 4.47. The van der Waals surface area contributed by atoms with Gasteiger partial charge in [-0.25, -0.2) is 0 Å². The molecule has 1 aliphatic heterocycles. The average Bonchev–Trinajstić information content (AvgIpc) is 3.35. The van der Waals surface area contributed by atoms with Crippen LogP contribution in [0.15, 0.2) is 52.2 Å². The minimum absolute atomic E-state index is 0.00913. The van der Waals surface area contributed by atoms with Crippen molar-refractivity contribution in [3.63, 3.8) is 0 Å². The summed E-state index contributed by atoms with van der Waals surface area (Å²) < 4.78 is 5.30. The van der Waals surface area contributed by atoms with Crippen molar-refractivity contribution in [1.82, 2.24) is 9.88 Å². The minimum atomic E-state index is -0.762. The van der Waals surface area contributed by atoms with Crippen LogP contribution >= 0.6 is 23.1 Å². The van der Waals surface area contributed by atoms with Crippen LogP contribution in [0.3, 0.4) is 0 Å². The highest BCUT2D eigenvalue weighted by atomic mass is 32.2. The number of ether oxygens (including phenoxy) is 1. The van der Waals surface area contributed by atoms with Crippen molar-refractivity contribution in [2.75, 3.05) is 32.5 Å². The number of aliphatic carboxylic acids is 1. The van der Waals surface area contributed by atoms with Crippen LogP contribution in [0.1, 0.15) is 29.6 Å². The maximum atomic E-state index is 13.1. The number of likely N-dealkylation sites (tertiary alicyclic amines) is 1. The van der Waals surface area contributed by atoms with Crippen LogP contribution in [0.4, 0.5) is 0 Å². The van der Waals surface area contributed by atoms with E-state index < -0.39 is 11.9 Å². The van der Waals surface area contributed by atoms with Gasteiger partial charge in [-0.05, 0) is 61.0 Å². The first-order chi connectivity index (χ1) is 16.0. The third-order valence-electron chi connectivity index (χ3n) is 6.32. The van der Waals surface area contributed by atoms with E-state index in [1.807, 2.05) is 30.0 Å². The van der Waals surface area contributed by atoms with Gasteiger partial charge < -0.3 is 14.7 Å². The van der Waals surface area contributed by atoms with Crippen LogP contribution < -0.4 is 4.74 Å². The van der Waals surface area contributed by atoms with Gasteiger partial charge in [0.15, 0.2) is 5.78 Å². The highest BCUT2D eigenvalue weighted by molar-refractivity contribution is 7.99. The van der Waals surface area contributed by atoms with Gasteiger partial charge >= 0.3 is 5.97 Å². The third kappa shape index (κ3) is 5.93. The summed E-state index contributed by atoms with van der Waals surface area (Å²) in [6, 6.07) is 9.36. The first-order valence-electron chi connectivity index (χ1n) is 11.1. The number of Topliss-reactive ketones (excluding diaryl/α,β-unsaturated/α-hetero) is 1. The van der Waals surface area contributed by atoms with Gasteiger partial charge in [-0.2, -0.15) is 11.3 Å². The number of pyridine rings is 1. The first kappa shape index (κ1) is 23.7. The van der Waals surface area contributed by atoms with Crippen molar-refractivity contribution in [1.29, 1.82) is 0 Å². The number of rotatable bonds is 10. The standard InChI is InChI=1S/C25H28N2O4S2/c1-31-18-3-4-23-21(14-18)20(6-9-26-23)24(28)5-2-17-7-10-27(15-22(17)25(29)30)11-13-33-19-8-12-32-16-19/h3-4,6,8-9,12,14,16-17,22H,2,5,7,10-11,13,15H2,1H3,(H,29,30)/t17-,22+/m0/s1. The van der Waals surface area contributed by atoms with E-state index in [0.717, 1.165) is 36.2 Å². The second-order valence-electron chi connectivity index (χ2n) is 8.31. The van der Waals surface area contributed by atoms with Crippen LogP contribution in [0.25, 0.3) is 10.9 Å². The number of hydrogen-bond donors (Lipinski definition) is 1. The molecule has 3 heterocycles. The molecule has 1 N–H and O–H groups in total. The Bertz CT molecular complexity index is 1100. The fourth-order valence-corrected chi connectivity index (χ4v) is 6.26. The van der Waals surface area contributed by atoms with Gasteiger partial charge in [0.05, 0.1) is 18.5 Å². The van der Waals surface area contributed by atoms with E-state index in [1.54, 1.807) is 30.7 Å². The van der Waals surface area contributed by atoms with E-state index >= 15 is 0 Å². The highest BCUT2D eigenvalue weighted by Crippen LogP contribution is 2.30. The topological polar surface area (TPSA) is 79.7 Å². The lowest BCUT2D eigenvalue weighted by Crippen LogP contribution is -2.44. The number of carbonyl (C=O) groups excluding carboxylic acids is 1. The molecule has 8 heteroatoms. The second-order valence-corrected chi connectivity index (χ2v) is 10.3. The number of piperidine rings is 1. The summed E-state index contributed by atoms with van der Waals surface area (Å²) >= 11 is 3.50. The van der Waals surface area contributed by atoms with Gasteiger partial charge in [0, 0.05) is 52.7 Å². The molecule has 6 nitrogen and oxygen atoms in total. The van der Waals surface area contributed by atoms with Crippen molar-refractivity contribution in [3.8, 4) is 5.75 Å². The largest absolute Gasteiger partial charge is 0.497 e. The number of aromatic nitrogens is 1. The molecular formula is C25H28N2O4S2. The molecular weight excluding hydrogens is 456 g/mol. The molecule has 0 unspecified atom stereocenters. The number of carboxylic acids is 1. The Labute approximate surface area is 202 Å². The van der Waals surface area contributed by atoms with E-state index in [-0.39, 0.29) is 11.7 Å². The third-order valence-corrected chi connectivity index (χ3v) is 8.13. The molecule has 3 aromatic rings. The Kier molecular flexibility index (Phi) is 8.01. The van der Waals surface area contributed by atoms with E-state index in [9.17, 15) is 14.7 Å². The number of thiophene rings is 1. The van der Waals surface area contributed by atoms with E-state index in [1.165, 1.54) is 4.90 Å². The summed E-state index contributed by atoms with van der Waals surface area (Å²) in [5.74, 6) is 0.461. The highest BCUT2D eigenvalue weighted by Gasteiger charge is 2.34. The lowest BCUT2D eigenvalue weighted by molar-refractivity contribution is -0.146. The SMILES string of the molecule is COc1ccc2nccc(C(=O)CC[C@H]3CCN(CCSc4ccsc4)C[C@H]3C(=O)O)c2c1. The molecule has 174 valence electrons. The zero-order valence-electron chi connectivity index (χ0n) is 18.6. The molecule has 0 amide bonds. The molecule has 1 aliphatic rings. The molecule has 1 saturated heterocycles. The fraction of sp³-hybridized carbons (Fsp3) is 0.400. The van der Waals surface area contributed by atoms with Crippen LogP contribution in [0, 0.1) is 11.8 Å². The quantitative estimate of drug-likeness (QED) is 0.317. The molecule has 4 rings (SSSR count). The first-order valence-corrected chi connectivity index (χ1v) is 13.0. The van der Waals surface area contributed by atoms with Crippen LogP contribution in [0.2, 0.25) is 0 Å². The van der Waals surface area contributed by atoms with Crippen molar-refractivity contribution in [3.05, 3.63) is 52.9 Å². The monoisotopic (exact) mass is 484 g/mol. The maximum absolute atomic E-state index is 13.1. The summed E-state index contributed by atoms with van der Waals surface area (Å²) in [5, 5.41) is 14.8. The predicted molar refractivity (Wildman–Crippen MR) is 133 cm³/mol. The van der Waals surface area contributed by atoms with Gasteiger partial charge in [-0.3, -0.25) is 14.6 Å².